The highest BCUT2D eigenvalue weighted by Crippen LogP contribution is 2.35. The van der Waals surface area contributed by atoms with E-state index in [0.717, 1.165) is 30.3 Å². The summed E-state index contributed by atoms with van der Waals surface area (Å²) in [7, 11) is 0. The first kappa shape index (κ1) is 24.6. The standard InChI is InChI=1S/C27H17F3O6/c28-22-10-13(1-4-19(22)25(31)32)16-7-17(14-2-5-20(26(33)34)23(29)11-14)9-18(8-16)15-3-6-21(27(35)36)24(30)12-15/h1-12,25,31-32H,(H,33,34)(H,35,36). The Balaban J connectivity index is 1.91. The molecule has 6 nitrogen and oxygen atoms in total. The summed E-state index contributed by atoms with van der Waals surface area (Å²) in [6.45, 7) is 0. The molecule has 4 aromatic rings. The van der Waals surface area contributed by atoms with Crippen LogP contribution in [0.1, 0.15) is 32.6 Å². The lowest BCUT2D eigenvalue weighted by molar-refractivity contribution is -0.0449. The van der Waals surface area contributed by atoms with Crippen molar-refractivity contribution in [3.63, 3.8) is 0 Å². The first-order chi connectivity index (χ1) is 17.0. The molecule has 0 bridgehead atoms. The maximum atomic E-state index is 14.4. The molecule has 0 saturated heterocycles. The number of hydrogen-bond acceptors (Lipinski definition) is 4. The molecule has 4 N–H and O–H groups in total. The SMILES string of the molecule is O=C(O)c1ccc(-c2cc(-c3ccc(C(=O)O)c(F)c3)cc(-c3ccc(C(O)O)c(F)c3)c2)cc1F. The average Bonchev–Trinajstić information content (AvgIpc) is 2.82. The van der Waals surface area contributed by atoms with Crippen molar-refractivity contribution in [3.8, 4) is 33.4 Å². The number of halogens is 3. The molecule has 0 spiro atoms. The zero-order valence-corrected chi connectivity index (χ0v) is 18.2. The third-order valence-electron chi connectivity index (χ3n) is 5.61. The van der Waals surface area contributed by atoms with Crippen LogP contribution in [0.15, 0.2) is 72.8 Å². The minimum atomic E-state index is -2.02. The molecule has 0 fully saturated rings. The smallest absolute Gasteiger partial charge is 0.338 e. The van der Waals surface area contributed by atoms with Gasteiger partial charge in [-0.1, -0.05) is 24.3 Å². The Labute approximate surface area is 202 Å². The number of aliphatic hydroxyl groups is 2. The van der Waals surface area contributed by atoms with Crippen molar-refractivity contribution in [2.24, 2.45) is 0 Å². The highest BCUT2D eigenvalue weighted by atomic mass is 19.1. The van der Waals surface area contributed by atoms with Gasteiger partial charge in [-0.05, 0) is 81.9 Å². The maximum absolute atomic E-state index is 14.4. The Morgan fingerprint density at radius 1 is 0.528 bits per heavy atom. The fraction of sp³-hybridized carbons (Fsp3) is 0.0370. The molecule has 182 valence electrons. The molecule has 0 aliphatic carbocycles. The van der Waals surface area contributed by atoms with Gasteiger partial charge in [-0.15, -0.1) is 0 Å². The molecular weight excluding hydrogens is 477 g/mol. The van der Waals surface area contributed by atoms with Gasteiger partial charge in [-0.3, -0.25) is 0 Å². The predicted molar refractivity (Wildman–Crippen MR) is 124 cm³/mol. The second-order valence-corrected chi connectivity index (χ2v) is 7.91. The van der Waals surface area contributed by atoms with Crippen molar-refractivity contribution in [2.45, 2.75) is 6.29 Å². The Morgan fingerprint density at radius 3 is 1.19 bits per heavy atom. The van der Waals surface area contributed by atoms with Gasteiger partial charge in [0.2, 0.25) is 0 Å². The largest absolute Gasteiger partial charge is 0.478 e. The van der Waals surface area contributed by atoms with Crippen molar-refractivity contribution in [3.05, 3.63) is 107 Å². The van der Waals surface area contributed by atoms with E-state index in [2.05, 4.69) is 0 Å². The summed E-state index contributed by atoms with van der Waals surface area (Å²) in [6, 6.07) is 15.4. The van der Waals surface area contributed by atoms with Crippen LogP contribution in [0, 0.1) is 17.5 Å². The Bertz CT molecular complexity index is 1430. The van der Waals surface area contributed by atoms with Crippen LogP contribution in [0.25, 0.3) is 33.4 Å². The van der Waals surface area contributed by atoms with Crippen molar-refractivity contribution in [1.29, 1.82) is 0 Å². The van der Waals surface area contributed by atoms with Crippen molar-refractivity contribution < 1.29 is 43.2 Å². The van der Waals surface area contributed by atoms with Crippen LogP contribution in [0.4, 0.5) is 13.2 Å². The van der Waals surface area contributed by atoms with Crippen molar-refractivity contribution in [2.75, 3.05) is 0 Å². The quantitative estimate of drug-likeness (QED) is 0.264. The molecule has 0 aliphatic heterocycles. The fourth-order valence-electron chi connectivity index (χ4n) is 3.78. The van der Waals surface area contributed by atoms with Gasteiger partial charge in [0.05, 0.1) is 11.1 Å². The molecule has 0 amide bonds. The zero-order valence-electron chi connectivity index (χ0n) is 18.2. The normalized spacial score (nSPS) is 11.1. The summed E-state index contributed by atoms with van der Waals surface area (Å²) in [5.74, 6) is -5.72. The van der Waals surface area contributed by atoms with Gasteiger partial charge in [0, 0.05) is 5.56 Å². The predicted octanol–water partition coefficient (Wildman–Crippen LogP) is 5.48. The number of rotatable bonds is 6. The van der Waals surface area contributed by atoms with Crippen LogP contribution in [-0.2, 0) is 0 Å². The van der Waals surface area contributed by atoms with Gasteiger partial charge >= 0.3 is 11.9 Å². The molecule has 0 atom stereocenters. The molecule has 0 unspecified atom stereocenters. The molecular formula is C27H17F3O6. The molecule has 0 aliphatic rings. The van der Waals surface area contributed by atoms with Gasteiger partial charge in [0.1, 0.15) is 17.5 Å². The molecule has 4 aromatic carbocycles. The summed E-state index contributed by atoms with van der Waals surface area (Å²) >= 11 is 0. The van der Waals surface area contributed by atoms with Crippen molar-refractivity contribution >= 4 is 11.9 Å². The van der Waals surface area contributed by atoms with E-state index in [9.17, 15) is 33.0 Å². The van der Waals surface area contributed by atoms with E-state index >= 15 is 0 Å². The van der Waals surface area contributed by atoms with Crippen LogP contribution in [0.3, 0.4) is 0 Å². The number of benzene rings is 4. The third-order valence-corrected chi connectivity index (χ3v) is 5.61. The number of aliphatic hydroxyl groups excluding tert-OH is 1. The van der Waals surface area contributed by atoms with Crippen LogP contribution in [0.5, 0.6) is 0 Å². The zero-order chi connectivity index (χ0) is 26.1. The van der Waals surface area contributed by atoms with Crippen LogP contribution in [-0.4, -0.2) is 32.4 Å². The van der Waals surface area contributed by atoms with E-state index in [-0.39, 0.29) is 16.7 Å². The monoisotopic (exact) mass is 494 g/mol. The highest BCUT2D eigenvalue weighted by Gasteiger charge is 2.16. The van der Waals surface area contributed by atoms with E-state index in [1.807, 2.05) is 0 Å². The number of aromatic carboxylic acids is 2. The Hall–Kier alpha value is -4.47. The fourth-order valence-corrected chi connectivity index (χ4v) is 3.78. The number of carbonyl (C=O) groups is 2. The molecule has 0 heterocycles. The summed E-state index contributed by atoms with van der Waals surface area (Å²) in [6.07, 6.45) is -2.02. The minimum absolute atomic E-state index is 0.283. The maximum Gasteiger partial charge on any atom is 0.338 e. The van der Waals surface area contributed by atoms with E-state index in [1.54, 1.807) is 18.2 Å². The van der Waals surface area contributed by atoms with Crippen LogP contribution < -0.4 is 0 Å². The van der Waals surface area contributed by atoms with Gasteiger partial charge in [0.25, 0.3) is 0 Å². The second-order valence-electron chi connectivity index (χ2n) is 7.91. The van der Waals surface area contributed by atoms with E-state index in [4.69, 9.17) is 10.2 Å². The average molecular weight is 494 g/mol. The first-order valence-electron chi connectivity index (χ1n) is 10.4. The topological polar surface area (TPSA) is 115 Å². The molecule has 0 aromatic heterocycles. The van der Waals surface area contributed by atoms with Crippen molar-refractivity contribution in [1.82, 2.24) is 0 Å². The van der Waals surface area contributed by atoms with Crippen LogP contribution >= 0.6 is 0 Å². The molecule has 0 saturated carbocycles. The molecule has 0 radical (unpaired) electrons. The summed E-state index contributed by atoms with van der Waals surface area (Å²) in [5, 5.41) is 36.8. The number of carboxylic acids is 2. The molecule has 36 heavy (non-hydrogen) atoms. The molecule has 4 rings (SSSR count). The van der Waals surface area contributed by atoms with Crippen LogP contribution in [0.2, 0.25) is 0 Å². The molecule has 9 heteroatoms. The summed E-state index contributed by atoms with van der Waals surface area (Å²) in [4.78, 5) is 22.3. The lowest BCUT2D eigenvalue weighted by atomic mass is 9.92. The van der Waals surface area contributed by atoms with E-state index < -0.39 is 46.8 Å². The minimum Gasteiger partial charge on any atom is -0.478 e. The number of hydrogen-bond donors (Lipinski definition) is 4. The lowest BCUT2D eigenvalue weighted by Crippen LogP contribution is -2.01. The summed E-state index contributed by atoms with van der Waals surface area (Å²) < 4.78 is 43.2. The number of carboxylic acid groups (broad SMARTS) is 2. The Kier molecular flexibility index (Phi) is 6.61. The first-order valence-corrected chi connectivity index (χ1v) is 10.4. The van der Waals surface area contributed by atoms with Gasteiger partial charge < -0.3 is 20.4 Å². The third kappa shape index (κ3) is 4.83. The van der Waals surface area contributed by atoms with E-state index in [1.165, 1.54) is 24.3 Å². The Morgan fingerprint density at radius 2 is 0.889 bits per heavy atom. The second kappa shape index (κ2) is 9.65. The lowest BCUT2D eigenvalue weighted by Gasteiger charge is -2.13. The van der Waals surface area contributed by atoms with Gasteiger partial charge in [-0.2, -0.15) is 0 Å². The van der Waals surface area contributed by atoms with Gasteiger partial charge in [0.15, 0.2) is 6.29 Å². The highest BCUT2D eigenvalue weighted by molar-refractivity contribution is 5.90. The summed E-state index contributed by atoms with van der Waals surface area (Å²) in [5.41, 5.74) is 0.643. The van der Waals surface area contributed by atoms with E-state index in [0.29, 0.717) is 22.3 Å². The van der Waals surface area contributed by atoms with Gasteiger partial charge in [-0.25, -0.2) is 22.8 Å².